The smallest absolute Gasteiger partial charge is 0.218 e. The summed E-state index contributed by atoms with van der Waals surface area (Å²) in [4.78, 5) is 14.9. The van der Waals surface area contributed by atoms with Crippen LogP contribution in [-0.2, 0) is 6.42 Å². The molecule has 0 aromatic carbocycles. The SMILES string of the molecule is COc1cc(NC2CCN(CCc3cnc(C)o3)CC2)ncn1. The Balaban J connectivity index is 1.43. The molecule has 3 heterocycles. The maximum atomic E-state index is 5.52. The first-order valence-corrected chi connectivity index (χ1v) is 7.99. The molecule has 1 N–H and O–H groups in total. The minimum absolute atomic E-state index is 0.443. The number of piperidine rings is 1. The van der Waals surface area contributed by atoms with E-state index in [2.05, 4.69) is 25.2 Å². The van der Waals surface area contributed by atoms with E-state index >= 15 is 0 Å². The molecule has 0 aliphatic carbocycles. The molecule has 124 valence electrons. The van der Waals surface area contributed by atoms with E-state index in [-0.39, 0.29) is 0 Å². The van der Waals surface area contributed by atoms with Crippen molar-refractivity contribution in [2.75, 3.05) is 32.1 Å². The Morgan fingerprint density at radius 1 is 1.30 bits per heavy atom. The predicted octanol–water partition coefficient (Wildman–Crippen LogP) is 1.90. The average molecular weight is 317 g/mol. The van der Waals surface area contributed by atoms with Crippen LogP contribution < -0.4 is 10.1 Å². The molecule has 23 heavy (non-hydrogen) atoms. The highest BCUT2D eigenvalue weighted by Gasteiger charge is 2.19. The number of methoxy groups -OCH3 is 1. The van der Waals surface area contributed by atoms with Crippen molar-refractivity contribution >= 4 is 5.82 Å². The molecule has 0 bridgehead atoms. The number of aromatic nitrogens is 3. The van der Waals surface area contributed by atoms with Crippen LogP contribution in [0.5, 0.6) is 5.88 Å². The largest absolute Gasteiger partial charge is 0.481 e. The summed E-state index contributed by atoms with van der Waals surface area (Å²) >= 11 is 0. The Labute approximate surface area is 136 Å². The normalized spacial score (nSPS) is 16.4. The van der Waals surface area contributed by atoms with Gasteiger partial charge in [0.1, 0.15) is 17.9 Å². The summed E-state index contributed by atoms with van der Waals surface area (Å²) in [5, 5.41) is 3.47. The van der Waals surface area contributed by atoms with Gasteiger partial charge in [-0.25, -0.2) is 15.0 Å². The first-order valence-electron chi connectivity index (χ1n) is 7.99. The second-order valence-electron chi connectivity index (χ2n) is 5.80. The zero-order chi connectivity index (χ0) is 16.1. The van der Waals surface area contributed by atoms with Gasteiger partial charge in [-0.2, -0.15) is 0 Å². The lowest BCUT2D eigenvalue weighted by Gasteiger charge is -2.32. The van der Waals surface area contributed by atoms with Crippen LogP contribution in [0.25, 0.3) is 0 Å². The number of anilines is 1. The highest BCUT2D eigenvalue weighted by atomic mass is 16.5. The van der Waals surface area contributed by atoms with E-state index in [1.54, 1.807) is 7.11 Å². The van der Waals surface area contributed by atoms with E-state index < -0.39 is 0 Å². The lowest BCUT2D eigenvalue weighted by Crippen LogP contribution is -2.40. The number of aryl methyl sites for hydroxylation is 1. The van der Waals surface area contributed by atoms with Crippen LogP contribution >= 0.6 is 0 Å². The molecule has 0 amide bonds. The number of oxazole rings is 1. The maximum absolute atomic E-state index is 5.52. The van der Waals surface area contributed by atoms with Gasteiger partial charge in [0.15, 0.2) is 5.89 Å². The highest BCUT2D eigenvalue weighted by molar-refractivity contribution is 5.38. The summed E-state index contributed by atoms with van der Waals surface area (Å²) < 4.78 is 10.6. The molecule has 0 atom stereocenters. The Morgan fingerprint density at radius 3 is 2.83 bits per heavy atom. The quantitative estimate of drug-likeness (QED) is 0.872. The molecule has 2 aromatic heterocycles. The van der Waals surface area contributed by atoms with Crippen LogP contribution in [0.1, 0.15) is 24.5 Å². The minimum atomic E-state index is 0.443. The first-order chi connectivity index (χ1) is 11.2. The number of nitrogens with one attached hydrogen (secondary N) is 1. The lowest BCUT2D eigenvalue weighted by atomic mass is 10.0. The van der Waals surface area contributed by atoms with E-state index in [9.17, 15) is 0 Å². The Kier molecular flexibility index (Phi) is 5.07. The van der Waals surface area contributed by atoms with Crippen LogP contribution in [0.4, 0.5) is 5.82 Å². The molecule has 1 fully saturated rings. The molecule has 2 aromatic rings. The second kappa shape index (κ2) is 7.41. The van der Waals surface area contributed by atoms with Gasteiger partial charge in [-0.3, -0.25) is 0 Å². The fourth-order valence-corrected chi connectivity index (χ4v) is 2.83. The zero-order valence-electron chi connectivity index (χ0n) is 13.7. The topological polar surface area (TPSA) is 76.3 Å². The molecule has 0 spiro atoms. The third kappa shape index (κ3) is 4.41. The van der Waals surface area contributed by atoms with E-state index in [1.807, 2.05) is 19.2 Å². The van der Waals surface area contributed by atoms with E-state index in [0.29, 0.717) is 11.9 Å². The third-order valence-corrected chi connectivity index (χ3v) is 4.13. The van der Waals surface area contributed by atoms with Crippen LogP contribution in [0.15, 0.2) is 23.0 Å². The van der Waals surface area contributed by atoms with Crippen molar-refractivity contribution in [3.8, 4) is 5.88 Å². The number of ether oxygens (including phenoxy) is 1. The minimum Gasteiger partial charge on any atom is -0.481 e. The molecule has 1 aliphatic rings. The fraction of sp³-hybridized carbons (Fsp3) is 0.562. The third-order valence-electron chi connectivity index (χ3n) is 4.13. The molecule has 1 saturated heterocycles. The van der Waals surface area contributed by atoms with Gasteiger partial charge in [-0.05, 0) is 12.8 Å². The van der Waals surface area contributed by atoms with Gasteiger partial charge < -0.3 is 19.4 Å². The van der Waals surface area contributed by atoms with Gasteiger partial charge >= 0.3 is 0 Å². The van der Waals surface area contributed by atoms with Gasteiger partial charge in [0.25, 0.3) is 0 Å². The molecule has 3 rings (SSSR count). The summed E-state index contributed by atoms with van der Waals surface area (Å²) in [7, 11) is 1.61. The van der Waals surface area contributed by atoms with E-state index in [4.69, 9.17) is 9.15 Å². The molecule has 7 nitrogen and oxygen atoms in total. The molecule has 0 radical (unpaired) electrons. The second-order valence-corrected chi connectivity index (χ2v) is 5.80. The molecular weight excluding hydrogens is 294 g/mol. The van der Waals surface area contributed by atoms with Crippen molar-refractivity contribution in [3.05, 3.63) is 30.2 Å². The van der Waals surface area contributed by atoms with Crippen molar-refractivity contribution in [2.45, 2.75) is 32.2 Å². The first kappa shape index (κ1) is 15.7. The monoisotopic (exact) mass is 317 g/mol. The van der Waals surface area contributed by atoms with Gasteiger partial charge in [-0.15, -0.1) is 0 Å². The summed E-state index contributed by atoms with van der Waals surface area (Å²) in [6.45, 7) is 5.05. The number of likely N-dealkylation sites (tertiary alicyclic amines) is 1. The van der Waals surface area contributed by atoms with Gasteiger partial charge in [0.05, 0.1) is 13.3 Å². The molecule has 0 saturated carbocycles. The lowest BCUT2D eigenvalue weighted by molar-refractivity contribution is 0.217. The van der Waals surface area contributed by atoms with Crippen molar-refractivity contribution in [3.63, 3.8) is 0 Å². The molecule has 0 unspecified atom stereocenters. The summed E-state index contributed by atoms with van der Waals surface area (Å²) in [5.41, 5.74) is 0. The van der Waals surface area contributed by atoms with Crippen LogP contribution in [-0.4, -0.2) is 52.6 Å². The van der Waals surface area contributed by atoms with Crippen molar-refractivity contribution < 1.29 is 9.15 Å². The van der Waals surface area contributed by atoms with Gasteiger partial charge in [0, 0.05) is 45.1 Å². The Morgan fingerprint density at radius 2 is 2.13 bits per heavy atom. The molecule has 1 aliphatic heterocycles. The van der Waals surface area contributed by atoms with E-state index in [0.717, 1.165) is 56.4 Å². The van der Waals surface area contributed by atoms with Crippen LogP contribution in [0.3, 0.4) is 0 Å². The number of hydrogen-bond acceptors (Lipinski definition) is 7. The van der Waals surface area contributed by atoms with E-state index in [1.165, 1.54) is 6.33 Å². The number of nitrogens with zero attached hydrogens (tertiary/aromatic N) is 4. The standard InChI is InChI=1S/C16H23N5O2/c1-12-17-10-14(23-12)5-8-21-6-3-13(4-7-21)20-15-9-16(22-2)19-11-18-15/h9-11,13H,3-8H2,1-2H3,(H,18,19,20). The van der Waals surface area contributed by atoms with Crippen LogP contribution in [0.2, 0.25) is 0 Å². The maximum Gasteiger partial charge on any atom is 0.218 e. The predicted molar refractivity (Wildman–Crippen MR) is 86.6 cm³/mol. The molecular formula is C16H23N5O2. The van der Waals surface area contributed by atoms with Gasteiger partial charge in [-0.1, -0.05) is 0 Å². The molecule has 7 heteroatoms. The summed E-state index contributed by atoms with van der Waals surface area (Å²) in [6.07, 6.45) is 6.47. The van der Waals surface area contributed by atoms with Gasteiger partial charge in [0.2, 0.25) is 5.88 Å². The summed E-state index contributed by atoms with van der Waals surface area (Å²) in [5.74, 6) is 3.12. The zero-order valence-corrected chi connectivity index (χ0v) is 13.7. The van der Waals surface area contributed by atoms with Crippen LogP contribution in [0, 0.1) is 6.92 Å². The fourth-order valence-electron chi connectivity index (χ4n) is 2.83. The average Bonchev–Trinajstić information content (AvgIpc) is 3.00. The highest BCUT2D eigenvalue weighted by Crippen LogP contribution is 2.17. The Hall–Kier alpha value is -2.15. The van der Waals surface area contributed by atoms with Crippen molar-refractivity contribution in [1.29, 1.82) is 0 Å². The van der Waals surface area contributed by atoms with Crippen molar-refractivity contribution in [1.82, 2.24) is 19.9 Å². The van der Waals surface area contributed by atoms with Crippen molar-refractivity contribution in [2.24, 2.45) is 0 Å². The summed E-state index contributed by atoms with van der Waals surface area (Å²) in [6, 6.07) is 2.27. The number of rotatable bonds is 6. The Bertz CT molecular complexity index is 622. The number of hydrogen-bond donors (Lipinski definition) is 1.